The molecule has 1 unspecified atom stereocenters. The Kier molecular flexibility index (Phi) is 4.12. The molecule has 0 aliphatic rings. The summed E-state index contributed by atoms with van der Waals surface area (Å²) in [5.74, 6) is 0. The van der Waals surface area contributed by atoms with E-state index in [0.29, 0.717) is 0 Å². The summed E-state index contributed by atoms with van der Waals surface area (Å²) in [6.45, 7) is 8.84. The van der Waals surface area contributed by atoms with Crippen molar-refractivity contribution < 1.29 is 0 Å². The average Bonchev–Trinajstić information content (AvgIpc) is 2.81. The van der Waals surface area contributed by atoms with E-state index in [4.69, 9.17) is 5.73 Å². The number of rotatable bonds is 3. The van der Waals surface area contributed by atoms with Crippen LogP contribution in [0.1, 0.15) is 47.7 Å². The molecule has 0 amide bonds. The van der Waals surface area contributed by atoms with Crippen LogP contribution >= 0.6 is 11.3 Å². The fraction of sp³-hybridized carbons (Fsp3) is 0.412. The van der Waals surface area contributed by atoms with Crippen molar-refractivity contribution >= 4 is 11.3 Å². The third-order valence-electron chi connectivity index (χ3n) is 3.31. The van der Waals surface area contributed by atoms with Crippen LogP contribution in [0.5, 0.6) is 0 Å². The topological polar surface area (TPSA) is 26.0 Å². The highest BCUT2D eigenvalue weighted by Crippen LogP contribution is 2.32. The Morgan fingerprint density at radius 3 is 2.21 bits per heavy atom. The molecule has 2 aromatic rings. The van der Waals surface area contributed by atoms with Crippen LogP contribution in [-0.2, 0) is 11.8 Å². The second-order valence-electron chi connectivity index (χ2n) is 6.25. The van der Waals surface area contributed by atoms with Crippen LogP contribution in [0.25, 0.3) is 0 Å². The van der Waals surface area contributed by atoms with Gasteiger partial charge in [-0.2, -0.15) is 0 Å². The minimum atomic E-state index is 0.101. The van der Waals surface area contributed by atoms with Gasteiger partial charge in [0.25, 0.3) is 0 Å². The normalized spacial score (nSPS) is 13.5. The Balaban J connectivity index is 2.09. The van der Waals surface area contributed by atoms with E-state index in [-0.39, 0.29) is 11.5 Å². The van der Waals surface area contributed by atoms with Crippen molar-refractivity contribution in [1.82, 2.24) is 0 Å². The van der Waals surface area contributed by atoms with E-state index >= 15 is 0 Å². The van der Waals surface area contributed by atoms with Gasteiger partial charge in [-0.3, -0.25) is 0 Å². The quantitative estimate of drug-likeness (QED) is 0.869. The summed E-state index contributed by atoms with van der Waals surface area (Å²) < 4.78 is 0. The number of hydrogen-bond acceptors (Lipinski definition) is 2. The predicted molar refractivity (Wildman–Crippen MR) is 84.8 cm³/mol. The number of thiophene rings is 1. The summed E-state index contributed by atoms with van der Waals surface area (Å²) in [4.78, 5) is 2.69. The second kappa shape index (κ2) is 5.48. The van der Waals surface area contributed by atoms with E-state index in [1.54, 1.807) is 0 Å². The first-order valence-electron chi connectivity index (χ1n) is 6.77. The van der Waals surface area contributed by atoms with Crippen LogP contribution in [0.3, 0.4) is 0 Å². The first kappa shape index (κ1) is 14.3. The van der Waals surface area contributed by atoms with Crippen molar-refractivity contribution in [2.75, 3.05) is 0 Å². The van der Waals surface area contributed by atoms with Crippen molar-refractivity contribution in [1.29, 1.82) is 0 Å². The lowest BCUT2D eigenvalue weighted by atomic mass is 9.95. The molecule has 1 aromatic carbocycles. The monoisotopic (exact) mass is 273 g/mol. The Morgan fingerprint density at radius 1 is 1.05 bits per heavy atom. The van der Waals surface area contributed by atoms with Gasteiger partial charge in [-0.25, -0.2) is 0 Å². The molecular weight excluding hydrogens is 250 g/mol. The predicted octanol–water partition coefficient (Wildman–Crippen LogP) is 4.60. The first-order valence-corrected chi connectivity index (χ1v) is 7.59. The third kappa shape index (κ3) is 3.68. The molecule has 2 rings (SSSR count). The molecule has 2 heteroatoms. The van der Waals surface area contributed by atoms with Crippen molar-refractivity contribution in [2.45, 2.75) is 45.6 Å². The van der Waals surface area contributed by atoms with E-state index in [0.717, 1.165) is 6.42 Å². The van der Waals surface area contributed by atoms with Crippen LogP contribution in [0.2, 0.25) is 0 Å². The van der Waals surface area contributed by atoms with E-state index in [1.807, 2.05) is 11.3 Å². The van der Waals surface area contributed by atoms with Gasteiger partial charge in [-0.1, -0.05) is 50.6 Å². The minimum Gasteiger partial charge on any atom is -0.323 e. The molecule has 0 aliphatic heterocycles. The summed E-state index contributed by atoms with van der Waals surface area (Å²) in [5, 5.41) is 0. The highest BCUT2D eigenvalue weighted by Gasteiger charge is 2.18. The van der Waals surface area contributed by atoms with Crippen molar-refractivity contribution in [2.24, 2.45) is 5.73 Å². The van der Waals surface area contributed by atoms with Crippen molar-refractivity contribution in [3.05, 3.63) is 57.3 Å². The molecular formula is C17H23NS. The Morgan fingerprint density at radius 2 is 1.68 bits per heavy atom. The average molecular weight is 273 g/mol. The van der Waals surface area contributed by atoms with Crippen LogP contribution in [0.4, 0.5) is 0 Å². The van der Waals surface area contributed by atoms with Gasteiger partial charge in [0, 0.05) is 15.8 Å². The van der Waals surface area contributed by atoms with E-state index in [1.165, 1.54) is 20.9 Å². The number of hydrogen-bond donors (Lipinski definition) is 1. The maximum Gasteiger partial charge on any atom is 0.0430 e. The van der Waals surface area contributed by atoms with Crippen molar-refractivity contribution in [3.63, 3.8) is 0 Å². The first-order chi connectivity index (χ1) is 8.86. The van der Waals surface area contributed by atoms with Crippen molar-refractivity contribution in [3.8, 4) is 0 Å². The Labute approximate surface area is 120 Å². The minimum absolute atomic E-state index is 0.101. The Hall–Kier alpha value is -1.12. The summed E-state index contributed by atoms with van der Waals surface area (Å²) in [7, 11) is 0. The van der Waals surface area contributed by atoms with Gasteiger partial charge in [0.1, 0.15) is 0 Å². The molecule has 0 aliphatic carbocycles. The molecule has 0 saturated carbocycles. The molecule has 102 valence electrons. The molecule has 1 nitrogen and oxygen atoms in total. The van der Waals surface area contributed by atoms with Gasteiger partial charge in [-0.05, 0) is 36.5 Å². The largest absolute Gasteiger partial charge is 0.323 e. The highest BCUT2D eigenvalue weighted by molar-refractivity contribution is 7.12. The SMILES string of the molecule is Cc1ccc(CC(N)c2ccc(C(C)(C)C)s2)cc1. The third-order valence-corrected chi connectivity index (χ3v) is 4.95. The standard InChI is InChI=1S/C17H23NS/c1-12-5-7-13(8-6-12)11-14(18)15-9-10-16(19-15)17(2,3)4/h5-10,14H,11,18H2,1-4H3. The molecule has 2 N–H and O–H groups in total. The molecule has 0 saturated heterocycles. The zero-order valence-electron chi connectivity index (χ0n) is 12.2. The van der Waals surface area contributed by atoms with Gasteiger partial charge in [0.15, 0.2) is 0 Å². The summed E-state index contributed by atoms with van der Waals surface area (Å²) in [6.07, 6.45) is 0.907. The summed E-state index contributed by atoms with van der Waals surface area (Å²) >= 11 is 1.85. The van der Waals surface area contributed by atoms with Gasteiger partial charge in [0.2, 0.25) is 0 Å². The molecule has 1 atom stereocenters. The molecule has 0 radical (unpaired) electrons. The number of benzene rings is 1. The fourth-order valence-electron chi connectivity index (χ4n) is 2.03. The smallest absolute Gasteiger partial charge is 0.0430 e. The molecule has 0 bridgehead atoms. The molecule has 1 heterocycles. The van der Waals surface area contributed by atoms with Gasteiger partial charge in [-0.15, -0.1) is 11.3 Å². The number of nitrogens with two attached hydrogens (primary N) is 1. The molecule has 1 aromatic heterocycles. The summed E-state index contributed by atoms with van der Waals surface area (Å²) in [6, 6.07) is 13.2. The van der Waals surface area contributed by atoms with Gasteiger partial charge in [0.05, 0.1) is 0 Å². The molecule has 0 fully saturated rings. The highest BCUT2D eigenvalue weighted by atomic mass is 32.1. The Bertz CT molecular complexity index is 531. The second-order valence-corrected chi connectivity index (χ2v) is 7.36. The zero-order valence-corrected chi connectivity index (χ0v) is 13.1. The lowest BCUT2D eigenvalue weighted by Gasteiger charge is -2.16. The lowest BCUT2D eigenvalue weighted by Crippen LogP contribution is -2.12. The van der Waals surface area contributed by atoms with Gasteiger partial charge >= 0.3 is 0 Å². The van der Waals surface area contributed by atoms with E-state index < -0.39 is 0 Å². The van der Waals surface area contributed by atoms with Crippen LogP contribution in [0.15, 0.2) is 36.4 Å². The van der Waals surface area contributed by atoms with E-state index in [9.17, 15) is 0 Å². The van der Waals surface area contributed by atoms with Crippen LogP contribution in [-0.4, -0.2) is 0 Å². The lowest BCUT2D eigenvalue weighted by molar-refractivity contribution is 0.604. The molecule has 19 heavy (non-hydrogen) atoms. The maximum absolute atomic E-state index is 6.33. The maximum atomic E-state index is 6.33. The fourth-order valence-corrected chi connectivity index (χ4v) is 3.10. The van der Waals surface area contributed by atoms with Gasteiger partial charge < -0.3 is 5.73 Å². The molecule has 0 spiro atoms. The van der Waals surface area contributed by atoms with E-state index in [2.05, 4.69) is 64.1 Å². The van der Waals surface area contributed by atoms with Crippen LogP contribution < -0.4 is 5.73 Å². The zero-order chi connectivity index (χ0) is 14.0. The number of aryl methyl sites for hydroxylation is 1. The van der Waals surface area contributed by atoms with Crippen LogP contribution in [0, 0.1) is 6.92 Å². The summed E-state index contributed by atoms with van der Waals surface area (Å²) in [5.41, 5.74) is 9.15.